The van der Waals surface area contributed by atoms with Gasteiger partial charge in [0.1, 0.15) is 11.9 Å². The molecule has 0 saturated heterocycles. The molecule has 1 saturated carbocycles. The summed E-state index contributed by atoms with van der Waals surface area (Å²) in [6, 6.07) is 16.3. The zero-order chi connectivity index (χ0) is 26.6. The van der Waals surface area contributed by atoms with Crippen molar-refractivity contribution in [1.82, 2.24) is 0 Å². The number of anilines is 1. The minimum atomic E-state index is -1.30. The second-order valence-electron chi connectivity index (χ2n) is 9.31. The minimum Gasteiger partial charge on any atom is -0.407 e. The third-order valence-corrected chi connectivity index (χ3v) is 6.45. The number of ether oxygens (including phenoxy) is 1. The lowest BCUT2D eigenvalue weighted by atomic mass is 9.82. The number of para-hydroxylation sites is 1. The first kappa shape index (κ1) is 25.3. The van der Waals surface area contributed by atoms with E-state index in [-0.39, 0.29) is 30.0 Å². The van der Waals surface area contributed by atoms with Crippen molar-refractivity contribution < 1.29 is 19.0 Å². The van der Waals surface area contributed by atoms with Crippen molar-refractivity contribution >= 4 is 35.3 Å². The predicted molar refractivity (Wildman–Crippen MR) is 144 cm³/mol. The van der Waals surface area contributed by atoms with Crippen LogP contribution >= 0.6 is 0 Å². The summed E-state index contributed by atoms with van der Waals surface area (Å²) in [4.78, 5) is 30.3. The maximum absolute atomic E-state index is 14.0. The highest BCUT2D eigenvalue weighted by atomic mass is 19.1. The topological polar surface area (TPSA) is 160 Å². The molecule has 1 amide bonds. The molecule has 38 heavy (non-hydrogen) atoms. The van der Waals surface area contributed by atoms with Gasteiger partial charge >= 0.3 is 0 Å². The molecule has 2 heterocycles. The molecule has 2 atom stereocenters. The van der Waals surface area contributed by atoms with Crippen molar-refractivity contribution in [1.29, 1.82) is 0 Å². The molecule has 0 spiro atoms. The fourth-order valence-corrected chi connectivity index (χ4v) is 4.47. The van der Waals surface area contributed by atoms with Gasteiger partial charge in [0.2, 0.25) is 12.0 Å². The van der Waals surface area contributed by atoms with Gasteiger partial charge in [0.05, 0.1) is 23.2 Å². The smallest absolute Gasteiger partial charge is 0.291 e. The maximum atomic E-state index is 14.0. The van der Waals surface area contributed by atoms with Gasteiger partial charge in [-0.3, -0.25) is 14.8 Å². The molecular weight excluding hydrogens is 489 g/mol. The number of nitrogens with zero attached hydrogens (tertiary/aromatic N) is 4. The van der Waals surface area contributed by atoms with Gasteiger partial charge in [-0.1, -0.05) is 48.5 Å². The third-order valence-electron chi connectivity index (χ3n) is 6.45. The van der Waals surface area contributed by atoms with Crippen molar-refractivity contribution in [3.63, 3.8) is 0 Å². The van der Waals surface area contributed by atoms with Crippen LogP contribution < -0.4 is 16.8 Å². The number of benzene rings is 2. The van der Waals surface area contributed by atoms with E-state index in [1.165, 1.54) is 0 Å². The standard InChI is InChI=1S/C27H28FN7O3/c28-17-12-21(31-13-15-10-18(36)11-15)23(32-14-17)24(29)38-27(30)35-25-26(37)33-20-9-5-4-8-19(20)22(34-25)16-6-2-1-3-7-16/h1-9,14-15,17-18,25,36H,10-13,29H2,(H2,30,35)(H,33,37). The van der Waals surface area contributed by atoms with Crippen LogP contribution in [0.2, 0.25) is 0 Å². The van der Waals surface area contributed by atoms with Crippen LogP contribution in [0.1, 0.15) is 30.4 Å². The Morgan fingerprint density at radius 2 is 1.87 bits per heavy atom. The first-order chi connectivity index (χ1) is 18.4. The fourth-order valence-electron chi connectivity index (χ4n) is 4.47. The van der Waals surface area contributed by atoms with Gasteiger partial charge in [-0.15, -0.1) is 0 Å². The Labute approximate surface area is 218 Å². The molecule has 3 aliphatic rings. The lowest BCUT2D eigenvalue weighted by molar-refractivity contribution is -0.117. The van der Waals surface area contributed by atoms with Gasteiger partial charge in [0.15, 0.2) is 0 Å². The molecule has 2 aliphatic heterocycles. The largest absolute Gasteiger partial charge is 0.407 e. The number of hydrogen-bond acceptors (Lipinski definition) is 8. The van der Waals surface area contributed by atoms with Crippen LogP contribution in [-0.4, -0.2) is 59.7 Å². The summed E-state index contributed by atoms with van der Waals surface area (Å²) in [5, 5.41) is 12.3. The minimum absolute atomic E-state index is 0.0107. The number of carbonyl (C=O) groups is 1. The molecule has 196 valence electrons. The van der Waals surface area contributed by atoms with Crippen molar-refractivity contribution in [3.8, 4) is 0 Å². The van der Waals surface area contributed by atoms with E-state index >= 15 is 0 Å². The molecule has 1 aliphatic carbocycles. The molecule has 2 aromatic carbocycles. The van der Waals surface area contributed by atoms with Crippen LogP contribution in [0.25, 0.3) is 0 Å². The number of allylic oxidation sites excluding steroid dienone is 1. The highest BCUT2D eigenvalue weighted by Gasteiger charge is 2.29. The van der Waals surface area contributed by atoms with Crippen LogP contribution in [0.15, 0.2) is 86.1 Å². The summed E-state index contributed by atoms with van der Waals surface area (Å²) in [6.45, 7) is 0.425. The van der Waals surface area contributed by atoms with Crippen LogP contribution in [0, 0.1) is 5.92 Å². The Kier molecular flexibility index (Phi) is 7.27. The van der Waals surface area contributed by atoms with Crippen molar-refractivity contribution in [3.05, 3.63) is 77.3 Å². The number of alkyl halides is 1. The Bertz CT molecular complexity index is 1360. The number of halogens is 1. The Morgan fingerprint density at radius 1 is 1.13 bits per heavy atom. The van der Waals surface area contributed by atoms with E-state index in [9.17, 15) is 14.3 Å². The number of aliphatic hydroxyl groups excluding tert-OH is 1. The van der Waals surface area contributed by atoms with Crippen molar-refractivity contribution in [2.75, 3.05) is 11.9 Å². The number of amides is 1. The summed E-state index contributed by atoms with van der Waals surface area (Å²) >= 11 is 0. The van der Waals surface area contributed by atoms with E-state index in [0.717, 1.165) is 17.3 Å². The molecule has 0 bridgehead atoms. The lowest BCUT2D eigenvalue weighted by Gasteiger charge is -2.30. The molecular formula is C27H28FN7O3. The molecule has 2 unspecified atom stereocenters. The molecule has 5 rings (SSSR count). The quantitative estimate of drug-likeness (QED) is 0.272. The molecule has 11 heteroatoms. The molecule has 1 fully saturated rings. The molecule has 10 nitrogen and oxygen atoms in total. The zero-order valence-electron chi connectivity index (χ0n) is 20.5. The second-order valence-corrected chi connectivity index (χ2v) is 9.31. The number of amidine groups is 1. The SMILES string of the molecule is NC(=NC1N=C(c2ccccc2)c2ccccc2NC1=O)OC(N)=C1N=CC(F)CC1=NCC1CC(O)C1. The number of carbonyl (C=O) groups excluding carboxylic acids is 1. The number of aliphatic imine (C=N–C) groups is 4. The first-order valence-corrected chi connectivity index (χ1v) is 12.3. The Morgan fingerprint density at radius 3 is 2.63 bits per heavy atom. The van der Waals surface area contributed by atoms with Gasteiger partial charge in [0, 0.05) is 30.3 Å². The van der Waals surface area contributed by atoms with Crippen LogP contribution in [-0.2, 0) is 9.53 Å². The van der Waals surface area contributed by atoms with Crippen LogP contribution in [0.4, 0.5) is 10.1 Å². The predicted octanol–water partition coefficient (Wildman–Crippen LogP) is 2.29. The summed E-state index contributed by atoms with van der Waals surface area (Å²) in [5.74, 6) is -0.487. The lowest BCUT2D eigenvalue weighted by Crippen LogP contribution is -2.31. The van der Waals surface area contributed by atoms with Crippen LogP contribution in [0.5, 0.6) is 0 Å². The van der Waals surface area contributed by atoms with Gasteiger partial charge in [-0.05, 0) is 24.8 Å². The van der Waals surface area contributed by atoms with Gasteiger partial charge < -0.3 is 26.6 Å². The molecule has 0 aromatic heterocycles. The number of hydrogen-bond donors (Lipinski definition) is 4. The van der Waals surface area contributed by atoms with Gasteiger partial charge in [-0.2, -0.15) is 4.99 Å². The number of nitrogens with two attached hydrogens (primary N) is 2. The molecule has 0 radical (unpaired) electrons. The Hall–Kier alpha value is -4.38. The van der Waals surface area contributed by atoms with Gasteiger partial charge in [-0.25, -0.2) is 9.38 Å². The Balaban J connectivity index is 1.41. The van der Waals surface area contributed by atoms with E-state index in [2.05, 4.69) is 25.3 Å². The van der Waals surface area contributed by atoms with E-state index < -0.39 is 24.3 Å². The number of rotatable bonds is 5. The van der Waals surface area contributed by atoms with Gasteiger partial charge in [0.25, 0.3) is 11.9 Å². The normalized spacial score (nSPS) is 27.5. The number of nitrogens with one attached hydrogen (secondary N) is 1. The number of benzodiazepines with no additional fused rings is 1. The summed E-state index contributed by atoms with van der Waals surface area (Å²) in [5.41, 5.74) is 15.3. The number of fused-ring (bicyclic) bond motifs is 1. The second kappa shape index (κ2) is 10.9. The fraction of sp³-hybridized carbons (Fsp3) is 0.296. The number of aliphatic hydroxyl groups is 1. The maximum Gasteiger partial charge on any atom is 0.291 e. The highest BCUT2D eigenvalue weighted by Crippen LogP contribution is 2.28. The first-order valence-electron chi connectivity index (χ1n) is 12.3. The molecule has 2 aromatic rings. The van der Waals surface area contributed by atoms with Crippen molar-refractivity contribution in [2.45, 2.75) is 37.7 Å². The summed E-state index contributed by atoms with van der Waals surface area (Å²) in [7, 11) is 0. The third kappa shape index (κ3) is 5.62. The molecule has 6 N–H and O–H groups in total. The average molecular weight is 518 g/mol. The van der Waals surface area contributed by atoms with E-state index in [1.807, 2.05) is 48.5 Å². The zero-order valence-corrected chi connectivity index (χ0v) is 20.5. The van der Waals surface area contributed by atoms with Crippen LogP contribution in [0.3, 0.4) is 0 Å². The van der Waals surface area contributed by atoms with Crippen molar-refractivity contribution in [2.24, 2.45) is 37.4 Å². The summed E-state index contributed by atoms with van der Waals surface area (Å²) < 4.78 is 19.5. The summed E-state index contributed by atoms with van der Waals surface area (Å²) in [6.07, 6.45) is -0.438. The van der Waals surface area contributed by atoms with E-state index in [0.29, 0.717) is 36.5 Å². The van der Waals surface area contributed by atoms with E-state index in [4.69, 9.17) is 16.2 Å². The highest BCUT2D eigenvalue weighted by molar-refractivity contribution is 6.19. The van der Waals surface area contributed by atoms with E-state index in [1.54, 1.807) is 6.07 Å². The average Bonchev–Trinajstić information content (AvgIpc) is 3.02. The monoisotopic (exact) mass is 517 g/mol.